The third-order valence-corrected chi connectivity index (χ3v) is 2.50. The van der Waals surface area contributed by atoms with E-state index in [1.807, 2.05) is 0 Å². The normalized spacial score (nSPS) is 10.7. The molecule has 0 amide bonds. The van der Waals surface area contributed by atoms with Crippen molar-refractivity contribution < 1.29 is 15.0 Å². The van der Waals surface area contributed by atoms with Gasteiger partial charge in [-0.3, -0.25) is 4.79 Å². The molecule has 3 N–H and O–H groups in total. The Kier molecular flexibility index (Phi) is 2.28. The highest BCUT2D eigenvalue weighted by Gasteiger charge is 2.12. The molecule has 0 aliphatic heterocycles. The summed E-state index contributed by atoms with van der Waals surface area (Å²) in [6.45, 7) is 0. The summed E-state index contributed by atoms with van der Waals surface area (Å²) < 4.78 is 0. The van der Waals surface area contributed by atoms with Crippen molar-refractivity contribution in [2.24, 2.45) is 0 Å². The van der Waals surface area contributed by atoms with Crippen LogP contribution < -0.4 is 0 Å². The first-order valence-corrected chi connectivity index (χ1v) is 4.66. The summed E-state index contributed by atoms with van der Waals surface area (Å²) in [6, 6.07) is 3.00. The van der Waals surface area contributed by atoms with E-state index in [0.717, 1.165) is 0 Å². The molecule has 1 heterocycles. The number of benzene rings is 1. The Hall–Kier alpha value is -1.68. The number of halogens is 1. The average molecular weight is 226 g/mol. The lowest BCUT2D eigenvalue weighted by Gasteiger charge is -1.99. The van der Waals surface area contributed by atoms with E-state index in [9.17, 15) is 9.90 Å². The number of aromatic nitrogens is 1. The maximum atomic E-state index is 10.6. The van der Waals surface area contributed by atoms with Gasteiger partial charge in [0.05, 0.1) is 17.0 Å². The molecule has 2 aromatic rings. The molecule has 0 spiro atoms. The molecule has 0 atom stereocenters. The number of carboxylic acid groups (broad SMARTS) is 1. The van der Waals surface area contributed by atoms with Crippen molar-refractivity contribution in [3.63, 3.8) is 0 Å². The minimum atomic E-state index is -0.949. The zero-order chi connectivity index (χ0) is 11.0. The van der Waals surface area contributed by atoms with Crippen molar-refractivity contribution in [1.82, 2.24) is 4.98 Å². The molecule has 4 nitrogen and oxygen atoms in total. The molecule has 5 heteroatoms. The van der Waals surface area contributed by atoms with Crippen molar-refractivity contribution >= 4 is 28.5 Å². The largest absolute Gasteiger partial charge is 0.507 e. The first-order valence-electron chi connectivity index (χ1n) is 4.29. The van der Waals surface area contributed by atoms with Gasteiger partial charge in [0.25, 0.3) is 0 Å². The van der Waals surface area contributed by atoms with Gasteiger partial charge < -0.3 is 15.2 Å². The number of rotatable bonds is 2. The molecule has 0 bridgehead atoms. The van der Waals surface area contributed by atoms with Gasteiger partial charge in [-0.25, -0.2) is 0 Å². The lowest BCUT2D eigenvalue weighted by molar-refractivity contribution is -0.136. The summed E-state index contributed by atoms with van der Waals surface area (Å²) >= 11 is 5.89. The number of phenols is 1. The minimum Gasteiger partial charge on any atom is -0.507 e. The lowest BCUT2D eigenvalue weighted by Crippen LogP contribution is -1.98. The van der Waals surface area contributed by atoms with Crippen LogP contribution >= 0.6 is 11.6 Å². The van der Waals surface area contributed by atoms with Crippen LogP contribution in [0, 0.1) is 0 Å². The van der Waals surface area contributed by atoms with Crippen LogP contribution in [0.15, 0.2) is 18.3 Å². The second-order valence-electron chi connectivity index (χ2n) is 3.20. The van der Waals surface area contributed by atoms with Crippen LogP contribution in [0.1, 0.15) is 5.56 Å². The van der Waals surface area contributed by atoms with Crippen LogP contribution in [-0.2, 0) is 11.2 Å². The number of carbonyl (C=O) groups is 1. The summed E-state index contributed by atoms with van der Waals surface area (Å²) in [4.78, 5) is 13.4. The maximum absolute atomic E-state index is 10.6. The predicted molar refractivity (Wildman–Crippen MR) is 56.3 cm³/mol. The van der Waals surface area contributed by atoms with Crippen LogP contribution in [0.3, 0.4) is 0 Å². The summed E-state index contributed by atoms with van der Waals surface area (Å²) in [5, 5.41) is 19.2. The van der Waals surface area contributed by atoms with Gasteiger partial charge in [-0.2, -0.15) is 0 Å². The van der Waals surface area contributed by atoms with Gasteiger partial charge >= 0.3 is 5.97 Å². The topological polar surface area (TPSA) is 73.3 Å². The zero-order valence-corrected chi connectivity index (χ0v) is 8.38. The molecule has 0 aliphatic rings. The fourth-order valence-corrected chi connectivity index (χ4v) is 1.78. The van der Waals surface area contributed by atoms with E-state index >= 15 is 0 Å². The molecule has 1 aromatic heterocycles. The van der Waals surface area contributed by atoms with E-state index in [2.05, 4.69) is 4.98 Å². The van der Waals surface area contributed by atoms with Gasteiger partial charge in [-0.05, 0) is 17.7 Å². The Labute approximate surface area is 90.1 Å². The highest BCUT2D eigenvalue weighted by molar-refractivity contribution is 6.35. The monoisotopic (exact) mass is 225 g/mol. The van der Waals surface area contributed by atoms with E-state index in [-0.39, 0.29) is 12.2 Å². The molecule has 0 fully saturated rings. The fourth-order valence-electron chi connectivity index (χ4n) is 1.57. The molecule has 0 unspecified atom stereocenters. The van der Waals surface area contributed by atoms with Crippen molar-refractivity contribution in [3.8, 4) is 5.75 Å². The maximum Gasteiger partial charge on any atom is 0.307 e. The zero-order valence-electron chi connectivity index (χ0n) is 7.62. The van der Waals surface area contributed by atoms with Gasteiger partial charge in [0.1, 0.15) is 5.75 Å². The number of fused-ring (bicyclic) bond motifs is 1. The Balaban J connectivity index is 2.67. The highest BCUT2D eigenvalue weighted by atomic mass is 35.5. The van der Waals surface area contributed by atoms with Gasteiger partial charge in [-0.15, -0.1) is 0 Å². The Morgan fingerprint density at radius 3 is 2.87 bits per heavy atom. The van der Waals surface area contributed by atoms with E-state index in [1.54, 1.807) is 12.3 Å². The Morgan fingerprint density at radius 2 is 2.20 bits per heavy atom. The number of phenolic OH excluding ortho intramolecular Hbond substituents is 1. The van der Waals surface area contributed by atoms with Gasteiger partial charge in [0.2, 0.25) is 0 Å². The Morgan fingerprint density at radius 1 is 1.47 bits per heavy atom. The molecule has 0 saturated heterocycles. The fraction of sp³-hybridized carbons (Fsp3) is 0.100. The van der Waals surface area contributed by atoms with E-state index in [1.165, 1.54) is 6.07 Å². The number of hydrogen-bond donors (Lipinski definition) is 3. The molecule has 2 rings (SSSR count). The van der Waals surface area contributed by atoms with E-state index < -0.39 is 5.97 Å². The summed E-state index contributed by atoms with van der Waals surface area (Å²) in [6.07, 6.45) is 1.40. The number of aliphatic carboxylic acids is 1. The van der Waals surface area contributed by atoms with Gasteiger partial charge in [0.15, 0.2) is 0 Å². The first-order chi connectivity index (χ1) is 7.09. The van der Waals surface area contributed by atoms with Gasteiger partial charge in [-0.1, -0.05) is 11.6 Å². The second-order valence-corrected chi connectivity index (χ2v) is 3.61. The summed E-state index contributed by atoms with van der Waals surface area (Å²) in [5.41, 5.74) is 1.09. The van der Waals surface area contributed by atoms with Crippen LogP contribution in [0.25, 0.3) is 10.9 Å². The van der Waals surface area contributed by atoms with Crippen molar-refractivity contribution in [1.29, 1.82) is 0 Å². The molecule has 0 radical (unpaired) electrons. The van der Waals surface area contributed by atoms with Crippen LogP contribution in [0.5, 0.6) is 5.75 Å². The molecule has 1 aromatic carbocycles. The van der Waals surface area contributed by atoms with E-state index in [4.69, 9.17) is 16.7 Å². The van der Waals surface area contributed by atoms with Crippen LogP contribution in [-0.4, -0.2) is 21.2 Å². The van der Waals surface area contributed by atoms with E-state index in [0.29, 0.717) is 21.5 Å². The molecule has 78 valence electrons. The molecule has 0 saturated carbocycles. The number of aromatic hydroxyl groups is 1. The number of nitrogens with one attached hydrogen (secondary N) is 1. The number of aromatic amines is 1. The summed E-state index contributed by atoms with van der Waals surface area (Å²) in [5.74, 6) is -0.915. The number of carboxylic acids is 1. The van der Waals surface area contributed by atoms with Crippen LogP contribution in [0.2, 0.25) is 5.02 Å². The highest BCUT2D eigenvalue weighted by Crippen LogP contribution is 2.32. The third-order valence-electron chi connectivity index (χ3n) is 2.19. The predicted octanol–water partition coefficient (Wildman–Crippen LogP) is 2.15. The second kappa shape index (κ2) is 3.47. The average Bonchev–Trinajstić information content (AvgIpc) is 2.56. The first kappa shape index (κ1) is 9.86. The molecular weight excluding hydrogens is 218 g/mol. The molecule has 15 heavy (non-hydrogen) atoms. The minimum absolute atomic E-state index is 0.0342. The standard InChI is InChI=1S/C10H8ClNO3/c11-6-1-2-7(13)9-5(3-8(14)15)4-12-10(6)9/h1-2,4,12-13H,3H2,(H,14,15). The SMILES string of the molecule is O=C(O)Cc1c[nH]c2c(Cl)ccc(O)c12. The smallest absolute Gasteiger partial charge is 0.307 e. The van der Waals surface area contributed by atoms with Crippen molar-refractivity contribution in [2.75, 3.05) is 0 Å². The summed E-state index contributed by atoms with van der Waals surface area (Å²) in [7, 11) is 0. The number of H-pyrrole nitrogens is 1. The van der Waals surface area contributed by atoms with Crippen molar-refractivity contribution in [2.45, 2.75) is 6.42 Å². The van der Waals surface area contributed by atoms with Crippen molar-refractivity contribution in [3.05, 3.63) is 28.9 Å². The lowest BCUT2D eigenvalue weighted by atomic mass is 10.1. The van der Waals surface area contributed by atoms with Crippen LogP contribution in [0.4, 0.5) is 0 Å². The number of hydrogen-bond acceptors (Lipinski definition) is 2. The van der Waals surface area contributed by atoms with Gasteiger partial charge in [0, 0.05) is 11.6 Å². The quantitative estimate of drug-likeness (QED) is 0.733. The third kappa shape index (κ3) is 1.64. The molecular formula is C10H8ClNO3. The molecule has 0 aliphatic carbocycles. The Bertz CT molecular complexity index is 533.